The van der Waals surface area contributed by atoms with E-state index in [1.54, 1.807) is 13.2 Å². The van der Waals surface area contributed by atoms with Crippen molar-refractivity contribution in [3.63, 3.8) is 0 Å². The molecule has 4 rings (SSSR count). The molecule has 2 fully saturated rings. The summed E-state index contributed by atoms with van der Waals surface area (Å²) < 4.78 is 0. The van der Waals surface area contributed by atoms with E-state index >= 15 is 0 Å². The van der Waals surface area contributed by atoms with Crippen LogP contribution in [0.5, 0.6) is 0 Å². The van der Waals surface area contributed by atoms with E-state index in [2.05, 4.69) is 16.4 Å². The Bertz CT molecular complexity index is 917. The third-order valence-electron chi connectivity index (χ3n) is 5.50. The molecular weight excluding hydrogens is 348 g/mol. The van der Waals surface area contributed by atoms with Crippen molar-refractivity contribution < 1.29 is 9.59 Å². The van der Waals surface area contributed by atoms with Crippen molar-refractivity contribution in [2.75, 3.05) is 20.1 Å². The van der Waals surface area contributed by atoms with Crippen molar-refractivity contribution in [2.45, 2.75) is 31.6 Å². The Morgan fingerprint density at radius 1 is 1.38 bits per heavy atom. The fourth-order valence-corrected chi connectivity index (χ4v) is 4.99. The van der Waals surface area contributed by atoms with Crippen LogP contribution in [0.15, 0.2) is 18.3 Å². The SMILES string of the molecule is CNC(=O)c1sc2ncccc2c1C1CCN(C(=O)C2(C#N)CC2)CC1. The van der Waals surface area contributed by atoms with Crippen LogP contribution in [0.1, 0.15) is 46.8 Å². The van der Waals surface area contributed by atoms with Crippen molar-refractivity contribution in [1.29, 1.82) is 5.26 Å². The molecule has 0 bridgehead atoms. The molecule has 6 nitrogen and oxygen atoms in total. The van der Waals surface area contributed by atoms with Gasteiger partial charge in [-0.2, -0.15) is 5.26 Å². The Balaban J connectivity index is 1.59. The summed E-state index contributed by atoms with van der Waals surface area (Å²) in [5, 5.41) is 13.0. The molecule has 134 valence electrons. The number of hydrogen-bond donors (Lipinski definition) is 1. The first-order chi connectivity index (χ1) is 12.6. The molecule has 7 heteroatoms. The average molecular weight is 368 g/mol. The van der Waals surface area contributed by atoms with E-state index < -0.39 is 5.41 Å². The minimum Gasteiger partial charge on any atom is -0.354 e. The van der Waals surface area contributed by atoms with Crippen LogP contribution in [0.2, 0.25) is 0 Å². The third kappa shape index (κ3) is 2.65. The molecule has 26 heavy (non-hydrogen) atoms. The minimum absolute atomic E-state index is 0.0122. The maximum Gasteiger partial charge on any atom is 0.261 e. The first-order valence-electron chi connectivity index (χ1n) is 8.90. The molecule has 0 radical (unpaired) electrons. The van der Waals surface area contributed by atoms with E-state index in [9.17, 15) is 14.9 Å². The van der Waals surface area contributed by atoms with Gasteiger partial charge in [0, 0.05) is 31.7 Å². The average Bonchev–Trinajstić information content (AvgIpc) is 3.40. The molecule has 0 aromatic carbocycles. The number of nitrogens with zero attached hydrogens (tertiary/aromatic N) is 3. The van der Waals surface area contributed by atoms with Gasteiger partial charge in [-0.1, -0.05) is 6.07 Å². The van der Waals surface area contributed by atoms with Gasteiger partial charge in [0.2, 0.25) is 5.91 Å². The quantitative estimate of drug-likeness (QED) is 0.902. The van der Waals surface area contributed by atoms with Gasteiger partial charge in [0.15, 0.2) is 0 Å². The standard InChI is InChI=1S/C19H20N4O2S/c1-21-16(24)15-14(13-3-2-8-22-17(13)26-15)12-4-9-23(10-5-12)18(25)19(11-20)6-7-19/h2-3,8,12H,4-7,9-10H2,1H3,(H,21,24). The summed E-state index contributed by atoms with van der Waals surface area (Å²) in [6.07, 6.45) is 4.72. The van der Waals surface area contributed by atoms with Crippen molar-refractivity contribution >= 4 is 33.4 Å². The number of hydrogen-bond acceptors (Lipinski definition) is 5. The highest BCUT2D eigenvalue weighted by Crippen LogP contribution is 2.47. The van der Waals surface area contributed by atoms with Crippen molar-refractivity contribution in [2.24, 2.45) is 5.41 Å². The number of likely N-dealkylation sites (tertiary alicyclic amines) is 1. The zero-order valence-electron chi connectivity index (χ0n) is 14.6. The normalized spacial score (nSPS) is 19.2. The number of aromatic nitrogens is 1. The number of pyridine rings is 1. The predicted octanol–water partition coefficient (Wildman–Crippen LogP) is 2.67. The van der Waals surface area contributed by atoms with E-state index in [1.807, 2.05) is 17.0 Å². The number of nitriles is 1. The van der Waals surface area contributed by atoms with Gasteiger partial charge in [0.25, 0.3) is 5.91 Å². The Labute approximate surface area is 155 Å². The second-order valence-electron chi connectivity index (χ2n) is 7.04. The van der Waals surface area contributed by atoms with Crippen LogP contribution in [0.25, 0.3) is 10.2 Å². The third-order valence-corrected chi connectivity index (χ3v) is 6.63. The summed E-state index contributed by atoms with van der Waals surface area (Å²) in [7, 11) is 1.64. The molecule has 1 aliphatic carbocycles. The minimum atomic E-state index is -0.751. The molecule has 1 aliphatic heterocycles. The van der Waals surface area contributed by atoms with Crippen LogP contribution in [-0.4, -0.2) is 41.8 Å². The summed E-state index contributed by atoms with van der Waals surface area (Å²) >= 11 is 1.43. The number of amides is 2. The molecule has 1 N–H and O–H groups in total. The van der Waals surface area contributed by atoms with Gasteiger partial charge in [-0.15, -0.1) is 11.3 Å². The van der Waals surface area contributed by atoms with Gasteiger partial charge < -0.3 is 10.2 Å². The smallest absolute Gasteiger partial charge is 0.261 e. The molecule has 0 atom stereocenters. The largest absolute Gasteiger partial charge is 0.354 e. The molecule has 2 aliphatic rings. The molecular formula is C19H20N4O2S. The number of thiophene rings is 1. The molecule has 0 spiro atoms. The van der Waals surface area contributed by atoms with E-state index in [-0.39, 0.29) is 17.7 Å². The summed E-state index contributed by atoms with van der Waals surface area (Å²) in [5.74, 6) is 0.131. The van der Waals surface area contributed by atoms with Gasteiger partial charge in [-0.25, -0.2) is 4.98 Å². The Kier molecular flexibility index (Phi) is 4.16. The van der Waals surface area contributed by atoms with Crippen LogP contribution in [0.3, 0.4) is 0 Å². The van der Waals surface area contributed by atoms with Crippen molar-refractivity contribution in [3.8, 4) is 6.07 Å². The van der Waals surface area contributed by atoms with Crippen LogP contribution in [-0.2, 0) is 4.79 Å². The number of nitrogens with one attached hydrogen (secondary N) is 1. The molecule has 0 unspecified atom stereocenters. The van der Waals surface area contributed by atoms with Gasteiger partial charge in [-0.3, -0.25) is 9.59 Å². The van der Waals surface area contributed by atoms with Crippen molar-refractivity contribution in [3.05, 3.63) is 28.8 Å². The molecule has 2 aromatic heterocycles. The lowest BCUT2D eigenvalue weighted by atomic mass is 9.87. The molecule has 1 saturated carbocycles. The monoisotopic (exact) mass is 368 g/mol. The highest BCUT2D eigenvalue weighted by atomic mass is 32.1. The van der Waals surface area contributed by atoms with Crippen molar-refractivity contribution in [1.82, 2.24) is 15.2 Å². The van der Waals surface area contributed by atoms with Gasteiger partial charge in [0.05, 0.1) is 10.9 Å². The number of rotatable bonds is 3. The summed E-state index contributed by atoms with van der Waals surface area (Å²) in [6, 6.07) is 6.11. The fraction of sp³-hybridized carbons (Fsp3) is 0.474. The summed E-state index contributed by atoms with van der Waals surface area (Å²) in [4.78, 5) is 32.8. The highest BCUT2D eigenvalue weighted by Gasteiger charge is 2.52. The first kappa shape index (κ1) is 17.0. The number of carbonyl (C=O) groups excluding carboxylic acids is 2. The second-order valence-corrected chi connectivity index (χ2v) is 8.04. The first-order valence-corrected chi connectivity index (χ1v) is 9.71. The maximum atomic E-state index is 12.6. The van der Waals surface area contributed by atoms with E-state index in [0.717, 1.165) is 33.5 Å². The molecule has 1 saturated heterocycles. The Morgan fingerprint density at radius 3 is 2.73 bits per heavy atom. The molecule has 2 aromatic rings. The fourth-order valence-electron chi connectivity index (χ4n) is 3.81. The van der Waals surface area contributed by atoms with Gasteiger partial charge in [-0.05, 0) is 43.2 Å². The molecule has 3 heterocycles. The van der Waals surface area contributed by atoms with Crippen LogP contribution in [0.4, 0.5) is 0 Å². The van der Waals surface area contributed by atoms with E-state index in [1.165, 1.54) is 11.3 Å². The lowest BCUT2D eigenvalue weighted by molar-refractivity contribution is -0.136. The summed E-state index contributed by atoms with van der Waals surface area (Å²) in [5.41, 5.74) is 0.310. The maximum absolute atomic E-state index is 12.6. The lowest BCUT2D eigenvalue weighted by Gasteiger charge is -2.33. The topological polar surface area (TPSA) is 86.1 Å². The zero-order valence-corrected chi connectivity index (χ0v) is 15.4. The van der Waals surface area contributed by atoms with Gasteiger partial charge >= 0.3 is 0 Å². The van der Waals surface area contributed by atoms with E-state index in [0.29, 0.717) is 25.9 Å². The second kappa shape index (κ2) is 6.36. The van der Waals surface area contributed by atoms with Crippen LogP contribution < -0.4 is 5.32 Å². The predicted molar refractivity (Wildman–Crippen MR) is 98.8 cm³/mol. The highest BCUT2D eigenvalue weighted by molar-refractivity contribution is 7.20. The number of carbonyl (C=O) groups is 2. The lowest BCUT2D eigenvalue weighted by Crippen LogP contribution is -2.42. The zero-order chi connectivity index (χ0) is 18.3. The van der Waals surface area contributed by atoms with Gasteiger partial charge in [0.1, 0.15) is 10.2 Å². The molecule has 2 amide bonds. The van der Waals surface area contributed by atoms with Crippen LogP contribution in [0, 0.1) is 16.7 Å². The number of fused-ring (bicyclic) bond motifs is 1. The Hall–Kier alpha value is -2.46. The summed E-state index contributed by atoms with van der Waals surface area (Å²) in [6.45, 7) is 1.27. The number of piperidine rings is 1. The van der Waals surface area contributed by atoms with E-state index in [4.69, 9.17) is 0 Å². The van der Waals surface area contributed by atoms with Crippen LogP contribution >= 0.6 is 11.3 Å². The Morgan fingerprint density at radius 2 is 2.12 bits per heavy atom.